The molecule has 0 fully saturated rings. The van der Waals surface area contributed by atoms with Gasteiger partial charge in [0.2, 0.25) is 0 Å². The summed E-state index contributed by atoms with van der Waals surface area (Å²) in [4.78, 5) is 3.96. The maximum Gasteiger partial charge on any atom is 0.0925 e. The largest absolute Gasteiger partial charge is 0.375 e. The number of H-pyrrole nitrogens is 1. The maximum absolute atomic E-state index is 5.29. The van der Waals surface area contributed by atoms with Crippen molar-refractivity contribution in [3.8, 4) is 11.3 Å². The maximum atomic E-state index is 5.29. The third-order valence-corrected chi connectivity index (χ3v) is 2.07. The van der Waals surface area contributed by atoms with Crippen molar-refractivity contribution < 1.29 is 4.74 Å². The average molecular weight is 203 g/mol. The normalized spacial score (nSPS) is 10.5. The van der Waals surface area contributed by atoms with Gasteiger partial charge in [-0.1, -0.05) is 0 Å². The predicted octanol–water partition coefficient (Wildman–Crippen LogP) is 2.01. The first-order valence-corrected chi connectivity index (χ1v) is 4.92. The lowest BCUT2D eigenvalue weighted by molar-refractivity contribution is 0.131. The van der Waals surface area contributed by atoms with Gasteiger partial charge in [0.25, 0.3) is 0 Å². The molecule has 2 aromatic rings. The molecule has 1 N–H and O–H groups in total. The van der Waals surface area contributed by atoms with E-state index in [4.69, 9.17) is 4.74 Å². The van der Waals surface area contributed by atoms with Crippen LogP contribution in [0.4, 0.5) is 0 Å². The smallest absolute Gasteiger partial charge is 0.0925 e. The molecule has 2 rings (SSSR count). The van der Waals surface area contributed by atoms with Crippen LogP contribution < -0.4 is 0 Å². The molecule has 0 bridgehead atoms. The van der Waals surface area contributed by atoms with Crippen LogP contribution in [-0.4, -0.2) is 21.8 Å². The molecule has 0 atom stereocenters. The standard InChI is InChI=1S/C11H13N3O/c1-2-15-8-10-7-11(14-13-10)9-3-5-12-6-4-9/h3-7H,2,8H2,1H3,(H,13,14). The van der Waals surface area contributed by atoms with E-state index in [9.17, 15) is 0 Å². The van der Waals surface area contributed by atoms with Gasteiger partial charge in [0.05, 0.1) is 18.0 Å². The van der Waals surface area contributed by atoms with Crippen molar-refractivity contribution in [3.63, 3.8) is 0 Å². The van der Waals surface area contributed by atoms with Gasteiger partial charge in [-0.3, -0.25) is 10.1 Å². The highest BCUT2D eigenvalue weighted by Crippen LogP contribution is 2.16. The molecular weight excluding hydrogens is 190 g/mol. The van der Waals surface area contributed by atoms with Gasteiger partial charge in [0.1, 0.15) is 0 Å². The van der Waals surface area contributed by atoms with E-state index in [0.717, 1.165) is 17.0 Å². The fourth-order valence-corrected chi connectivity index (χ4v) is 1.32. The van der Waals surface area contributed by atoms with Crippen LogP contribution in [0.3, 0.4) is 0 Å². The van der Waals surface area contributed by atoms with E-state index in [2.05, 4.69) is 15.2 Å². The summed E-state index contributed by atoms with van der Waals surface area (Å²) in [5, 5.41) is 7.15. The van der Waals surface area contributed by atoms with Crippen molar-refractivity contribution in [2.75, 3.05) is 6.61 Å². The topological polar surface area (TPSA) is 50.8 Å². The van der Waals surface area contributed by atoms with Gasteiger partial charge in [-0.05, 0) is 25.1 Å². The Balaban J connectivity index is 2.14. The molecule has 0 amide bonds. The summed E-state index contributed by atoms with van der Waals surface area (Å²) in [5.41, 5.74) is 2.97. The van der Waals surface area contributed by atoms with Gasteiger partial charge in [-0.25, -0.2) is 0 Å². The van der Waals surface area contributed by atoms with Crippen LogP contribution in [0, 0.1) is 0 Å². The molecule has 4 heteroatoms. The second kappa shape index (κ2) is 4.70. The number of hydrogen-bond acceptors (Lipinski definition) is 3. The second-order valence-corrected chi connectivity index (χ2v) is 3.15. The Labute approximate surface area is 88.3 Å². The van der Waals surface area contributed by atoms with Crippen LogP contribution in [0.5, 0.6) is 0 Å². The third-order valence-electron chi connectivity index (χ3n) is 2.07. The van der Waals surface area contributed by atoms with Crippen molar-refractivity contribution in [1.29, 1.82) is 0 Å². The Bertz CT molecular complexity index is 411. The zero-order chi connectivity index (χ0) is 10.5. The van der Waals surface area contributed by atoms with Crippen LogP contribution in [-0.2, 0) is 11.3 Å². The molecule has 4 nitrogen and oxygen atoms in total. The molecule has 0 aliphatic carbocycles. The van der Waals surface area contributed by atoms with Crippen LogP contribution in [0.15, 0.2) is 30.6 Å². The lowest BCUT2D eigenvalue weighted by atomic mass is 10.2. The first-order valence-electron chi connectivity index (χ1n) is 4.92. The molecule has 0 saturated heterocycles. The predicted molar refractivity (Wildman–Crippen MR) is 57.1 cm³/mol. The van der Waals surface area contributed by atoms with Crippen LogP contribution in [0.25, 0.3) is 11.3 Å². The van der Waals surface area contributed by atoms with E-state index in [1.54, 1.807) is 12.4 Å². The van der Waals surface area contributed by atoms with E-state index in [0.29, 0.717) is 13.2 Å². The Hall–Kier alpha value is -1.68. The van der Waals surface area contributed by atoms with Crippen LogP contribution in [0.1, 0.15) is 12.6 Å². The van der Waals surface area contributed by atoms with Crippen molar-refractivity contribution in [2.24, 2.45) is 0 Å². The van der Waals surface area contributed by atoms with Gasteiger partial charge in [0.15, 0.2) is 0 Å². The quantitative estimate of drug-likeness (QED) is 0.826. The molecule has 2 aromatic heterocycles. The number of pyridine rings is 1. The highest BCUT2D eigenvalue weighted by atomic mass is 16.5. The zero-order valence-corrected chi connectivity index (χ0v) is 8.60. The Morgan fingerprint density at radius 2 is 2.13 bits per heavy atom. The van der Waals surface area contributed by atoms with Crippen molar-refractivity contribution in [1.82, 2.24) is 15.2 Å². The van der Waals surface area contributed by atoms with Gasteiger partial charge < -0.3 is 4.74 Å². The monoisotopic (exact) mass is 203 g/mol. The van der Waals surface area contributed by atoms with E-state index in [1.165, 1.54) is 0 Å². The van der Waals surface area contributed by atoms with Crippen molar-refractivity contribution in [3.05, 3.63) is 36.3 Å². The van der Waals surface area contributed by atoms with E-state index < -0.39 is 0 Å². The highest BCUT2D eigenvalue weighted by Gasteiger charge is 2.02. The fraction of sp³-hybridized carbons (Fsp3) is 0.273. The third kappa shape index (κ3) is 2.41. The van der Waals surface area contributed by atoms with Gasteiger partial charge in [0, 0.05) is 24.6 Å². The number of aromatic amines is 1. The molecule has 0 aliphatic heterocycles. The van der Waals surface area contributed by atoms with E-state index >= 15 is 0 Å². The molecule has 0 unspecified atom stereocenters. The van der Waals surface area contributed by atoms with Crippen molar-refractivity contribution >= 4 is 0 Å². The molecule has 0 radical (unpaired) electrons. The van der Waals surface area contributed by atoms with Gasteiger partial charge in [-0.15, -0.1) is 0 Å². The summed E-state index contributed by atoms with van der Waals surface area (Å²) in [6.07, 6.45) is 3.51. The lowest BCUT2D eigenvalue weighted by Gasteiger charge is -1.95. The molecule has 15 heavy (non-hydrogen) atoms. The van der Waals surface area contributed by atoms with Crippen LogP contribution >= 0.6 is 0 Å². The number of hydrogen-bond donors (Lipinski definition) is 1. The molecule has 0 aliphatic rings. The molecule has 2 heterocycles. The van der Waals surface area contributed by atoms with Crippen molar-refractivity contribution in [2.45, 2.75) is 13.5 Å². The number of aromatic nitrogens is 3. The molecule has 0 aromatic carbocycles. The number of nitrogens with one attached hydrogen (secondary N) is 1. The summed E-state index contributed by atoms with van der Waals surface area (Å²) in [7, 11) is 0. The highest BCUT2D eigenvalue weighted by molar-refractivity contribution is 5.58. The summed E-state index contributed by atoms with van der Waals surface area (Å²) < 4.78 is 5.29. The Morgan fingerprint density at radius 3 is 2.87 bits per heavy atom. The summed E-state index contributed by atoms with van der Waals surface area (Å²) in [5.74, 6) is 0. The van der Waals surface area contributed by atoms with Gasteiger partial charge in [-0.2, -0.15) is 5.10 Å². The molecule has 0 spiro atoms. The minimum absolute atomic E-state index is 0.578. The first kappa shape index (κ1) is 9.86. The average Bonchev–Trinajstić information content (AvgIpc) is 2.76. The fourth-order valence-electron chi connectivity index (χ4n) is 1.32. The number of rotatable bonds is 4. The molecule has 78 valence electrons. The minimum atomic E-state index is 0.578. The first-order chi connectivity index (χ1) is 7.40. The summed E-state index contributed by atoms with van der Waals surface area (Å²) in [6, 6.07) is 5.85. The molecular formula is C11H13N3O. The van der Waals surface area contributed by atoms with E-state index in [1.807, 2.05) is 25.1 Å². The number of nitrogens with zero attached hydrogens (tertiary/aromatic N) is 2. The zero-order valence-electron chi connectivity index (χ0n) is 8.60. The summed E-state index contributed by atoms with van der Waals surface area (Å²) >= 11 is 0. The van der Waals surface area contributed by atoms with Gasteiger partial charge >= 0.3 is 0 Å². The Kier molecular flexibility index (Phi) is 3.09. The SMILES string of the molecule is CCOCc1cc(-c2ccncc2)n[nH]1. The molecule has 0 saturated carbocycles. The van der Waals surface area contributed by atoms with E-state index in [-0.39, 0.29) is 0 Å². The van der Waals surface area contributed by atoms with Crippen LogP contribution in [0.2, 0.25) is 0 Å². The lowest BCUT2D eigenvalue weighted by Crippen LogP contribution is -1.91. The summed E-state index contributed by atoms with van der Waals surface area (Å²) in [6.45, 7) is 3.26. The minimum Gasteiger partial charge on any atom is -0.375 e. The number of ether oxygens (including phenoxy) is 1. The Morgan fingerprint density at radius 1 is 1.33 bits per heavy atom. The second-order valence-electron chi connectivity index (χ2n) is 3.15.